The number of nitrogens with two attached hydrogens (primary N) is 1. The van der Waals surface area contributed by atoms with E-state index in [1.165, 1.54) is 12.1 Å². The van der Waals surface area contributed by atoms with Gasteiger partial charge >= 0.3 is 12.4 Å². The third-order valence-electron chi connectivity index (χ3n) is 5.99. The summed E-state index contributed by atoms with van der Waals surface area (Å²) in [6.45, 7) is -0.105. The molecule has 3 aromatic rings. The summed E-state index contributed by atoms with van der Waals surface area (Å²) in [7, 11) is 0. The van der Waals surface area contributed by atoms with E-state index in [9.17, 15) is 36.4 Å². The Morgan fingerprint density at radius 3 is 2.03 bits per heavy atom. The molecule has 1 aromatic heterocycles. The van der Waals surface area contributed by atoms with Gasteiger partial charge in [0.1, 0.15) is 17.6 Å². The molecule has 0 spiro atoms. The maximum atomic E-state index is 13.2. The lowest BCUT2D eigenvalue weighted by atomic mass is 9.94. The summed E-state index contributed by atoms with van der Waals surface area (Å²) in [6.07, 6.45) is -8.71. The molecule has 0 radical (unpaired) electrons. The fourth-order valence-electron chi connectivity index (χ4n) is 3.95. The van der Waals surface area contributed by atoms with Gasteiger partial charge in [-0.2, -0.15) is 36.7 Å². The maximum Gasteiger partial charge on any atom is 0.416 e. The Kier molecular flexibility index (Phi) is 6.58. The SMILES string of the molecule is N#Cc1nn(-c2c(Cl)cc(C(F)(F)F)cc2Cl)c(NCc2ccc(C(F)(F)F)cc2)c1C1(C(N)=O)CC1. The van der Waals surface area contributed by atoms with Gasteiger partial charge in [0.25, 0.3) is 0 Å². The minimum absolute atomic E-state index is 0.00342. The number of aromatic nitrogens is 2. The largest absolute Gasteiger partial charge is 0.416 e. The van der Waals surface area contributed by atoms with Crippen molar-refractivity contribution in [3.8, 4) is 11.8 Å². The van der Waals surface area contributed by atoms with Crippen LogP contribution in [-0.2, 0) is 29.1 Å². The number of amides is 1. The quantitative estimate of drug-likeness (QED) is 0.349. The van der Waals surface area contributed by atoms with Crippen LogP contribution in [0.1, 0.15) is 40.8 Å². The van der Waals surface area contributed by atoms with Crippen LogP contribution < -0.4 is 11.1 Å². The standard InChI is InChI=1S/C23H15Cl2F6N5O/c24-14-7-13(23(29,30)31)8-15(25)18(14)36-19(17(16(9-32)35-36)21(5-6-21)20(33)37)34-10-11-1-3-12(4-2-11)22(26,27)28/h1-4,7-8,34H,5-6,10H2,(H2,33,37). The number of halogens is 8. The van der Waals surface area contributed by atoms with Crippen molar-refractivity contribution in [2.75, 3.05) is 5.32 Å². The highest BCUT2D eigenvalue weighted by Crippen LogP contribution is 2.53. The second kappa shape index (κ2) is 9.15. The van der Waals surface area contributed by atoms with E-state index in [4.69, 9.17) is 28.9 Å². The summed E-state index contributed by atoms with van der Waals surface area (Å²) >= 11 is 12.3. The van der Waals surface area contributed by atoms with Gasteiger partial charge in [0.15, 0.2) is 5.69 Å². The highest BCUT2D eigenvalue weighted by molar-refractivity contribution is 6.38. The minimum atomic E-state index is -4.74. The molecule has 1 amide bonds. The first-order chi connectivity index (χ1) is 17.2. The molecular weight excluding hydrogens is 547 g/mol. The average Bonchev–Trinajstić information content (AvgIpc) is 3.53. The summed E-state index contributed by atoms with van der Waals surface area (Å²) in [5.74, 6) is -0.748. The number of primary amides is 1. The van der Waals surface area contributed by atoms with Gasteiger partial charge < -0.3 is 11.1 Å². The Bertz CT molecular complexity index is 1400. The van der Waals surface area contributed by atoms with Crippen molar-refractivity contribution in [2.24, 2.45) is 5.73 Å². The van der Waals surface area contributed by atoms with Crippen molar-refractivity contribution in [3.63, 3.8) is 0 Å². The van der Waals surface area contributed by atoms with Crippen molar-refractivity contribution in [3.05, 3.63) is 74.4 Å². The van der Waals surface area contributed by atoms with Crippen LogP contribution in [0.2, 0.25) is 10.0 Å². The maximum absolute atomic E-state index is 13.2. The summed E-state index contributed by atoms with van der Waals surface area (Å²) in [4.78, 5) is 12.3. The van der Waals surface area contributed by atoms with Crippen LogP contribution in [0.15, 0.2) is 36.4 Å². The number of nitriles is 1. The van der Waals surface area contributed by atoms with Crippen LogP contribution in [0.25, 0.3) is 5.69 Å². The molecule has 0 unspecified atom stereocenters. The van der Waals surface area contributed by atoms with Gasteiger partial charge in [0.2, 0.25) is 5.91 Å². The first kappa shape index (κ1) is 26.6. The molecule has 14 heteroatoms. The number of rotatable bonds is 6. The second-order valence-electron chi connectivity index (χ2n) is 8.38. The number of nitrogens with zero attached hydrogens (tertiary/aromatic N) is 3. The minimum Gasteiger partial charge on any atom is -0.369 e. The number of benzene rings is 2. The van der Waals surface area contributed by atoms with Crippen LogP contribution in [0, 0.1) is 11.3 Å². The molecule has 0 atom stereocenters. The molecule has 0 aliphatic heterocycles. The van der Waals surface area contributed by atoms with Crippen LogP contribution in [0.3, 0.4) is 0 Å². The lowest BCUT2D eigenvalue weighted by Crippen LogP contribution is -2.29. The highest BCUT2D eigenvalue weighted by Gasteiger charge is 2.54. The summed E-state index contributed by atoms with van der Waals surface area (Å²) in [6, 6.07) is 7.33. The van der Waals surface area contributed by atoms with Gasteiger partial charge in [-0.25, -0.2) is 4.68 Å². The second-order valence-corrected chi connectivity index (χ2v) is 9.19. The first-order valence-electron chi connectivity index (χ1n) is 10.5. The predicted octanol–water partition coefficient (Wildman–Crippen LogP) is 6.22. The molecular formula is C23H15Cl2F6N5O. The van der Waals surface area contributed by atoms with E-state index in [2.05, 4.69) is 10.4 Å². The van der Waals surface area contributed by atoms with Crippen LogP contribution in [-0.4, -0.2) is 15.7 Å². The van der Waals surface area contributed by atoms with Gasteiger partial charge in [-0.15, -0.1) is 0 Å². The Labute approximate surface area is 215 Å². The molecule has 1 fully saturated rings. The molecule has 4 rings (SSSR count). The average molecular weight is 562 g/mol. The molecule has 6 nitrogen and oxygen atoms in total. The van der Waals surface area contributed by atoms with E-state index in [0.717, 1.165) is 16.8 Å². The summed E-state index contributed by atoms with van der Waals surface area (Å²) in [5, 5.41) is 15.9. The third-order valence-corrected chi connectivity index (χ3v) is 6.57. The lowest BCUT2D eigenvalue weighted by molar-refractivity contribution is -0.138. The van der Waals surface area contributed by atoms with Crippen molar-refractivity contribution < 1.29 is 31.1 Å². The number of carbonyl (C=O) groups excluding carboxylic acids is 1. The Morgan fingerprint density at radius 1 is 1.05 bits per heavy atom. The van der Waals surface area contributed by atoms with Gasteiger partial charge in [-0.3, -0.25) is 4.79 Å². The van der Waals surface area contributed by atoms with Crippen molar-refractivity contribution >= 4 is 34.9 Å². The molecule has 194 valence electrons. The normalized spacial score (nSPS) is 14.8. The molecule has 1 saturated carbocycles. The van der Waals surface area contributed by atoms with E-state index >= 15 is 0 Å². The fraction of sp³-hybridized carbons (Fsp3) is 0.261. The molecule has 0 saturated heterocycles. The first-order valence-corrected chi connectivity index (χ1v) is 11.2. The van der Waals surface area contributed by atoms with Crippen LogP contribution >= 0.6 is 23.2 Å². The molecule has 3 N–H and O–H groups in total. The number of carbonyl (C=O) groups is 1. The molecule has 37 heavy (non-hydrogen) atoms. The van der Waals surface area contributed by atoms with Crippen molar-refractivity contribution in [1.82, 2.24) is 9.78 Å². The Morgan fingerprint density at radius 2 is 1.59 bits per heavy atom. The molecule has 2 aromatic carbocycles. The number of anilines is 1. The van der Waals surface area contributed by atoms with E-state index in [-0.39, 0.29) is 42.1 Å². The molecule has 1 heterocycles. The van der Waals surface area contributed by atoms with Gasteiger partial charge in [-0.05, 0) is 42.7 Å². The number of alkyl halides is 6. The van der Waals surface area contributed by atoms with E-state index < -0.39 is 44.8 Å². The summed E-state index contributed by atoms with van der Waals surface area (Å²) < 4.78 is 79.4. The molecule has 1 aliphatic carbocycles. The zero-order chi connectivity index (χ0) is 27.3. The number of nitrogens with one attached hydrogen (secondary N) is 1. The van der Waals surface area contributed by atoms with Gasteiger partial charge in [0.05, 0.1) is 26.6 Å². The van der Waals surface area contributed by atoms with Crippen molar-refractivity contribution in [2.45, 2.75) is 37.2 Å². The molecule has 0 bridgehead atoms. The molecule has 1 aliphatic rings. The topological polar surface area (TPSA) is 96.7 Å². The van der Waals surface area contributed by atoms with E-state index in [1.807, 2.05) is 6.07 Å². The monoisotopic (exact) mass is 561 g/mol. The smallest absolute Gasteiger partial charge is 0.369 e. The number of hydrogen-bond donors (Lipinski definition) is 2. The zero-order valence-corrected chi connectivity index (χ0v) is 19.9. The Balaban J connectivity index is 1.84. The van der Waals surface area contributed by atoms with Gasteiger partial charge in [0, 0.05) is 12.1 Å². The zero-order valence-electron chi connectivity index (χ0n) is 18.4. The predicted molar refractivity (Wildman–Crippen MR) is 122 cm³/mol. The lowest BCUT2D eigenvalue weighted by Gasteiger charge is -2.18. The summed E-state index contributed by atoms with van der Waals surface area (Å²) in [5.41, 5.74) is 2.41. The van der Waals surface area contributed by atoms with Gasteiger partial charge in [-0.1, -0.05) is 35.3 Å². The van der Waals surface area contributed by atoms with E-state index in [1.54, 1.807) is 0 Å². The van der Waals surface area contributed by atoms with Crippen LogP contribution in [0.4, 0.5) is 32.2 Å². The highest BCUT2D eigenvalue weighted by atomic mass is 35.5. The van der Waals surface area contributed by atoms with Crippen LogP contribution in [0.5, 0.6) is 0 Å². The fourth-order valence-corrected chi connectivity index (χ4v) is 4.60. The number of hydrogen-bond acceptors (Lipinski definition) is 4. The van der Waals surface area contributed by atoms with Crippen molar-refractivity contribution in [1.29, 1.82) is 5.26 Å². The van der Waals surface area contributed by atoms with E-state index in [0.29, 0.717) is 17.7 Å². The Hall–Kier alpha value is -3.43. The third kappa shape index (κ3) is 4.93.